The van der Waals surface area contributed by atoms with E-state index in [-0.39, 0.29) is 5.54 Å². The summed E-state index contributed by atoms with van der Waals surface area (Å²) in [5.41, 5.74) is 2.94. The third kappa shape index (κ3) is 0.849. The molecule has 3 rings (SSSR count). The van der Waals surface area contributed by atoms with Crippen molar-refractivity contribution in [2.45, 2.75) is 5.54 Å². The zero-order valence-electron chi connectivity index (χ0n) is 7.73. The zero-order chi connectivity index (χ0) is 9.60. The van der Waals surface area contributed by atoms with E-state index in [0.29, 0.717) is 13.2 Å². The number of nitrogens with zero attached hydrogens (tertiary/aromatic N) is 2. The number of aromatic nitrogens is 1. The molecule has 70 valence electrons. The number of rotatable bonds is 1. The summed E-state index contributed by atoms with van der Waals surface area (Å²) in [5.74, 6) is 0. The Bertz CT molecular complexity index is 433. The average Bonchev–Trinajstić information content (AvgIpc) is 2.55. The van der Waals surface area contributed by atoms with E-state index in [0.717, 1.165) is 11.4 Å². The van der Waals surface area contributed by atoms with Gasteiger partial charge in [0.15, 0.2) is 0 Å². The predicted octanol–water partition coefficient (Wildman–Crippen LogP) is 1.38. The molecular weight excluding hydrogens is 176 g/mol. The van der Waals surface area contributed by atoms with Crippen LogP contribution in [0.1, 0.15) is 17.0 Å². The standard InChI is InChI=1S/C11H10N2O/c1-2-8-3-4-9-10(13-8)5-12-11(9)6-14-7-11/h2-5H,1,6-7H2. The quantitative estimate of drug-likeness (QED) is 0.664. The van der Waals surface area contributed by atoms with Crippen molar-refractivity contribution in [3.8, 4) is 0 Å². The number of fused-ring (bicyclic) bond motifs is 2. The summed E-state index contributed by atoms with van der Waals surface area (Å²) in [6.07, 6.45) is 3.58. The number of ether oxygens (including phenoxy) is 1. The van der Waals surface area contributed by atoms with Gasteiger partial charge in [0, 0.05) is 11.8 Å². The molecule has 1 saturated heterocycles. The molecule has 0 amide bonds. The van der Waals surface area contributed by atoms with Gasteiger partial charge in [0.25, 0.3) is 0 Å². The molecule has 3 nitrogen and oxygen atoms in total. The molecule has 0 atom stereocenters. The van der Waals surface area contributed by atoms with Gasteiger partial charge in [-0.3, -0.25) is 4.99 Å². The molecule has 3 heterocycles. The van der Waals surface area contributed by atoms with E-state index in [2.05, 4.69) is 22.6 Å². The fourth-order valence-corrected chi connectivity index (χ4v) is 1.88. The molecule has 2 aliphatic heterocycles. The molecular formula is C11H10N2O. The predicted molar refractivity (Wildman–Crippen MR) is 54.4 cm³/mol. The highest BCUT2D eigenvalue weighted by Crippen LogP contribution is 2.38. The Kier molecular flexibility index (Phi) is 1.42. The van der Waals surface area contributed by atoms with Crippen LogP contribution >= 0.6 is 0 Å². The van der Waals surface area contributed by atoms with Gasteiger partial charge in [0.2, 0.25) is 0 Å². The highest BCUT2D eigenvalue weighted by molar-refractivity contribution is 5.84. The maximum atomic E-state index is 5.21. The summed E-state index contributed by atoms with van der Waals surface area (Å²) in [6, 6.07) is 4.05. The summed E-state index contributed by atoms with van der Waals surface area (Å²) in [7, 11) is 0. The summed E-state index contributed by atoms with van der Waals surface area (Å²) < 4.78 is 5.21. The van der Waals surface area contributed by atoms with Crippen LogP contribution in [0.25, 0.3) is 6.08 Å². The molecule has 14 heavy (non-hydrogen) atoms. The Balaban J connectivity index is 2.13. The van der Waals surface area contributed by atoms with E-state index in [1.807, 2.05) is 12.3 Å². The van der Waals surface area contributed by atoms with Gasteiger partial charge < -0.3 is 4.74 Å². The number of pyridine rings is 1. The van der Waals surface area contributed by atoms with Gasteiger partial charge in [-0.05, 0) is 12.1 Å². The first-order valence-corrected chi connectivity index (χ1v) is 4.61. The molecule has 1 aromatic heterocycles. The number of hydrogen-bond acceptors (Lipinski definition) is 3. The first-order valence-electron chi connectivity index (χ1n) is 4.61. The Hall–Kier alpha value is -1.48. The van der Waals surface area contributed by atoms with Crippen molar-refractivity contribution in [2.75, 3.05) is 13.2 Å². The summed E-state index contributed by atoms with van der Waals surface area (Å²) in [5, 5.41) is 0. The van der Waals surface area contributed by atoms with Crippen molar-refractivity contribution in [1.29, 1.82) is 0 Å². The van der Waals surface area contributed by atoms with Gasteiger partial charge in [-0.1, -0.05) is 12.6 Å². The van der Waals surface area contributed by atoms with E-state index in [1.54, 1.807) is 6.08 Å². The van der Waals surface area contributed by atoms with Crippen LogP contribution in [0, 0.1) is 0 Å². The Morgan fingerprint density at radius 3 is 2.93 bits per heavy atom. The average molecular weight is 186 g/mol. The molecule has 0 unspecified atom stereocenters. The first kappa shape index (κ1) is 7.88. The van der Waals surface area contributed by atoms with Crippen molar-refractivity contribution in [3.63, 3.8) is 0 Å². The molecule has 1 spiro atoms. The van der Waals surface area contributed by atoms with Gasteiger partial charge in [-0.25, -0.2) is 4.98 Å². The van der Waals surface area contributed by atoms with E-state index in [1.165, 1.54) is 5.56 Å². The van der Waals surface area contributed by atoms with Crippen LogP contribution in [0.4, 0.5) is 0 Å². The van der Waals surface area contributed by atoms with Gasteiger partial charge >= 0.3 is 0 Å². The smallest absolute Gasteiger partial charge is 0.134 e. The fourth-order valence-electron chi connectivity index (χ4n) is 1.88. The van der Waals surface area contributed by atoms with Crippen LogP contribution < -0.4 is 0 Å². The van der Waals surface area contributed by atoms with Crippen LogP contribution in [0.5, 0.6) is 0 Å². The largest absolute Gasteiger partial charge is 0.375 e. The van der Waals surface area contributed by atoms with Crippen LogP contribution in [0.15, 0.2) is 23.7 Å². The molecule has 0 aliphatic carbocycles. The minimum atomic E-state index is -0.109. The number of aliphatic imine (C=N–C) groups is 1. The van der Waals surface area contributed by atoms with Crippen molar-refractivity contribution in [1.82, 2.24) is 4.98 Å². The lowest BCUT2D eigenvalue weighted by atomic mass is 9.90. The van der Waals surface area contributed by atoms with E-state index >= 15 is 0 Å². The highest BCUT2D eigenvalue weighted by Gasteiger charge is 2.44. The third-order valence-corrected chi connectivity index (χ3v) is 2.77. The molecule has 3 heteroatoms. The van der Waals surface area contributed by atoms with Crippen LogP contribution in [0.2, 0.25) is 0 Å². The maximum absolute atomic E-state index is 5.21. The van der Waals surface area contributed by atoms with Crippen LogP contribution in [0.3, 0.4) is 0 Å². The molecule has 2 aliphatic rings. The normalized spacial score (nSPS) is 20.6. The van der Waals surface area contributed by atoms with Gasteiger partial charge in [-0.15, -0.1) is 0 Å². The van der Waals surface area contributed by atoms with Gasteiger partial charge in [0.05, 0.1) is 24.6 Å². The van der Waals surface area contributed by atoms with Crippen molar-refractivity contribution < 1.29 is 4.74 Å². The zero-order valence-corrected chi connectivity index (χ0v) is 7.73. The Labute approximate surface area is 82.1 Å². The Morgan fingerprint density at radius 1 is 1.43 bits per heavy atom. The van der Waals surface area contributed by atoms with E-state index < -0.39 is 0 Å². The lowest BCUT2D eigenvalue weighted by molar-refractivity contribution is -0.0535. The van der Waals surface area contributed by atoms with Crippen molar-refractivity contribution >= 4 is 12.3 Å². The summed E-state index contributed by atoms with van der Waals surface area (Å²) in [4.78, 5) is 8.90. The fraction of sp³-hybridized carbons (Fsp3) is 0.273. The summed E-state index contributed by atoms with van der Waals surface area (Å²) in [6.45, 7) is 5.07. The summed E-state index contributed by atoms with van der Waals surface area (Å²) >= 11 is 0. The third-order valence-electron chi connectivity index (χ3n) is 2.77. The lowest BCUT2D eigenvalue weighted by Crippen LogP contribution is -2.43. The molecule has 0 saturated carbocycles. The van der Waals surface area contributed by atoms with Crippen molar-refractivity contribution in [2.24, 2.45) is 4.99 Å². The molecule has 0 N–H and O–H groups in total. The minimum Gasteiger partial charge on any atom is -0.375 e. The van der Waals surface area contributed by atoms with Gasteiger partial charge in [-0.2, -0.15) is 0 Å². The van der Waals surface area contributed by atoms with E-state index in [4.69, 9.17) is 4.74 Å². The molecule has 0 bridgehead atoms. The molecule has 1 fully saturated rings. The Morgan fingerprint density at radius 2 is 2.29 bits per heavy atom. The topological polar surface area (TPSA) is 34.5 Å². The monoisotopic (exact) mass is 186 g/mol. The van der Waals surface area contributed by atoms with Crippen LogP contribution in [-0.2, 0) is 10.3 Å². The second-order valence-electron chi connectivity index (χ2n) is 3.66. The molecule has 0 aromatic carbocycles. The highest BCUT2D eigenvalue weighted by atomic mass is 16.5. The second-order valence-corrected chi connectivity index (χ2v) is 3.66. The lowest BCUT2D eigenvalue weighted by Gasteiger charge is -2.35. The van der Waals surface area contributed by atoms with E-state index in [9.17, 15) is 0 Å². The minimum absolute atomic E-state index is 0.109. The molecule has 0 radical (unpaired) electrons. The number of hydrogen-bond donors (Lipinski definition) is 0. The molecule has 1 aromatic rings. The maximum Gasteiger partial charge on any atom is 0.134 e. The first-order chi connectivity index (χ1) is 6.84. The van der Waals surface area contributed by atoms with Crippen LogP contribution in [-0.4, -0.2) is 24.4 Å². The van der Waals surface area contributed by atoms with Gasteiger partial charge in [0.1, 0.15) is 5.54 Å². The van der Waals surface area contributed by atoms with Crippen molar-refractivity contribution in [3.05, 3.63) is 35.7 Å². The second kappa shape index (κ2) is 2.51. The SMILES string of the molecule is C=Cc1ccc2c(n1)C=NC21COC1.